The van der Waals surface area contributed by atoms with E-state index in [1.165, 1.54) is 7.11 Å². The average molecular weight is 377 g/mol. The molecule has 27 heavy (non-hydrogen) atoms. The summed E-state index contributed by atoms with van der Waals surface area (Å²) >= 11 is 0. The summed E-state index contributed by atoms with van der Waals surface area (Å²) in [7, 11) is 1.27. The minimum absolute atomic E-state index is 0.0178. The van der Waals surface area contributed by atoms with Crippen LogP contribution in [0, 0.1) is 0 Å². The standard InChI is InChI=1S/C18H23N3O6/c1-11(12-3-4-14-15(7-12)27-10-26-14)20-16(22)9-21-6-5-19-18(24)13(21)8-17(23)25-2/h3-4,7,11,13H,5-6,8-10H2,1-2H3,(H,19,24)(H,20,22). The summed E-state index contributed by atoms with van der Waals surface area (Å²) in [5.41, 5.74) is 0.884. The van der Waals surface area contributed by atoms with E-state index < -0.39 is 12.0 Å². The van der Waals surface area contributed by atoms with Gasteiger partial charge >= 0.3 is 5.97 Å². The molecule has 2 heterocycles. The number of nitrogens with one attached hydrogen (secondary N) is 2. The van der Waals surface area contributed by atoms with Crippen molar-refractivity contribution in [3.8, 4) is 11.5 Å². The number of carbonyl (C=O) groups is 3. The predicted octanol–water partition coefficient (Wildman–Crippen LogP) is -0.0440. The van der Waals surface area contributed by atoms with Crippen LogP contribution in [0.25, 0.3) is 0 Å². The molecule has 1 aromatic carbocycles. The molecule has 2 N–H and O–H groups in total. The number of fused-ring (bicyclic) bond motifs is 1. The molecule has 2 aliphatic rings. The fraction of sp³-hybridized carbons (Fsp3) is 0.500. The minimum Gasteiger partial charge on any atom is -0.469 e. The fourth-order valence-electron chi connectivity index (χ4n) is 3.15. The van der Waals surface area contributed by atoms with Crippen LogP contribution in [-0.4, -0.2) is 62.3 Å². The molecule has 1 saturated heterocycles. The number of ether oxygens (including phenoxy) is 3. The van der Waals surface area contributed by atoms with Gasteiger partial charge in [0.2, 0.25) is 18.6 Å². The quantitative estimate of drug-likeness (QED) is 0.670. The first-order chi connectivity index (χ1) is 13.0. The first-order valence-electron chi connectivity index (χ1n) is 8.75. The predicted molar refractivity (Wildman–Crippen MR) is 94.1 cm³/mol. The van der Waals surface area contributed by atoms with Crippen molar-refractivity contribution in [2.75, 3.05) is 33.5 Å². The van der Waals surface area contributed by atoms with Crippen LogP contribution >= 0.6 is 0 Å². The van der Waals surface area contributed by atoms with E-state index in [0.29, 0.717) is 24.6 Å². The largest absolute Gasteiger partial charge is 0.469 e. The molecule has 3 rings (SSSR count). The highest BCUT2D eigenvalue weighted by Gasteiger charge is 2.33. The number of nitrogens with zero attached hydrogens (tertiary/aromatic N) is 1. The summed E-state index contributed by atoms with van der Waals surface area (Å²) in [4.78, 5) is 37.8. The molecule has 9 nitrogen and oxygen atoms in total. The van der Waals surface area contributed by atoms with Gasteiger partial charge in [-0.2, -0.15) is 0 Å². The third kappa shape index (κ3) is 4.48. The van der Waals surface area contributed by atoms with Gasteiger partial charge in [0.1, 0.15) is 6.04 Å². The van der Waals surface area contributed by atoms with Gasteiger partial charge in [-0.25, -0.2) is 0 Å². The molecule has 2 atom stereocenters. The van der Waals surface area contributed by atoms with Gasteiger partial charge < -0.3 is 24.8 Å². The van der Waals surface area contributed by atoms with Crippen LogP contribution in [-0.2, 0) is 19.1 Å². The van der Waals surface area contributed by atoms with E-state index >= 15 is 0 Å². The molecule has 146 valence electrons. The number of benzene rings is 1. The van der Waals surface area contributed by atoms with Gasteiger partial charge in [0.15, 0.2) is 11.5 Å². The number of carbonyl (C=O) groups excluding carboxylic acids is 3. The van der Waals surface area contributed by atoms with Gasteiger partial charge in [-0.1, -0.05) is 6.07 Å². The summed E-state index contributed by atoms with van der Waals surface area (Å²) in [6.07, 6.45) is -0.0900. The van der Waals surface area contributed by atoms with E-state index in [0.717, 1.165) is 5.56 Å². The monoisotopic (exact) mass is 377 g/mol. The van der Waals surface area contributed by atoms with E-state index in [1.54, 1.807) is 4.90 Å². The van der Waals surface area contributed by atoms with Crippen LogP contribution < -0.4 is 20.1 Å². The Balaban J connectivity index is 1.60. The van der Waals surface area contributed by atoms with Gasteiger partial charge in [0.05, 0.1) is 26.1 Å². The zero-order chi connectivity index (χ0) is 19.4. The topological polar surface area (TPSA) is 106 Å². The number of rotatable bonds is 6. The van der Waals surface area contributed by atoms with Crippen molar-refractivity contribution >= 4 is 17.8 Å². The SMILES string of the molecule is COC(=O)CC1C(=O)NCCN1CC(=O)NC(C)c1ccc2c(c1)OCO2. The van der Waals surface area contributed by atoms with Crippen molar-refractivity contribution in [2.24, 2.45) is 0 Å². The van der Waals surface area contributed by atoms with Crippen LogP contribution in [0.15, 0.2) is 18.2 Å². The normalized spacial score (nSPS) is 19.9. The first-order valence-corrected chi connectivity index (χ1v) is 8.75. The summed E-state index contributed by atoms with van der Waals surface area (Å²) < 4.78 is 15.3. The zero-order valence-corrected chi connectivity index (χ0v) is 15.3. The number of methoxy groups -OCH3 is 1. The number of esters is 1. The Bertz CT molecular complexity index is 738. The Morgan fingerprint density at radius 2 is 2.15 bits per heavy atom. The lowest BCUT2D eigenvalue weighted by atomic mass is 10.1. The molecule has 1 aromatic rings. The maximum absolute atomic E-state index is 12.5. The van der Waals surface area contributed by atoms with Crippen molar-refractivity contribution in [2.45, 2.75) is 25.4 Å². The van der Waals surface area contributed by atoms with Gasteiger partial charge in [0, 0.05) is 13.1 Å². The van der Waals surface area contributed by atoms with Crippen molar-refractivity contribution in [1.29, 1.82) is 0 Å². The third-order valence-electron chi connectivity index (χ3n) is 4.65. The molecular weight excluding hydrogens is 354 g/mol. The molecule has 0 saturated carbocycles. The number of hydrogen-bond donors (Lipinski definition) is 2. The molecule has 0 radical (unpaired) electrons. The van der Waals surface area contributed by atoms with Crippen LogP contribution in [0.1, 0.15) is 24.9 Å². The van der Waals surface area contributed by atoms with E-state index in [4.69, 9.17) is 9.47 Å². The van der Waals surface area contributed by atoms with Crippen molar-refractivity contribution in [3.63, 3.8) is 0 Å². The second-order valence-electron chi connectivity index (χ2n) is 6.46. The van der Waals surface area contributed by atoms with E-state index in [2.05, 4.69) is 15.4 Å². The molecular formula is C18H23N3O6. The van der Waals surface area contributed by atoms with Crippen LogP contribution in [0.2, 0.25) is 0 Å². The molecule has 9 heteroatoms. The van der Waals surface area contributed by atoms with Crippen LogP contribution in [0.4, 0.5) is 0 Å². The van der Waals surface area contributed by atoms with Gasteiger partial charge in [-0.15, -0.1) is 0 Å². The summed E-state index contributed by atoms with van der Waals surface area (Å²) in [5, 5.41) is 5.62. The highest BCUT2D eigenvalue weighted by Crippen LogP contribution is 2.34. The molecule has 0 aliphatic carbocycles. The molecule has 0 bridgehead atoms. The van der Waals surface area contributed by atoms with Gasteiger partial charge in [0.25, 0.3) is 0 Å². The Morgan fingerprint density at radius 1 is 1.37 bits per heavy atom. The molecule has 2 amide bonds. The van der Waals surface area contributed by atoms with E-state index in [-0.39, 0.29) is 37.6 Å². The van der Waals surface area contributed by atoms with Gasteiger partial charge in [-0.05, 0) is 24.6 Å². The molecule has 2 aliphatic heterocycles. The molecule has 0 aromatic heterocycles. The minimum atomic E-state index is -0.710. The lowest BCUT2D eigenvalue weighted by molar-refractivity contribution is -0.146. The first kappa shape index (κ1) is 19.0. The zero-order valence-electron chi connectivity index (χ0n) is 15.3. The number of amides is 2. The van der Waals surface area contributed by atoms with Crippen LogP contribution in [0.3, 0.4) is 0 Å². The van der Waals surface area contributed by atoms with Gasteiger partial charge in [-0.3, -0.25) is 19.3 Å². The average Bonchev–Trinajstić information content (AvgIpc) is 3.12. The van der Waals surface area contributed by atoms with E-state index in [1.807, 2.05) is 25.1 Å². The summed E-state index contributed by atoms with van der Waals surface area (Å²) in [6, 6.07) is 4.55. The Morgan fingerprint density at radius 3 is 2.93 bits per heavy atom. The van der Waals surface area contributed by atoms with Crippen LogP contribution in [0.5, 0.6) is 11.5 Å². The highest BCUT2D eigenvalue weighted by atomic mass is 16.7. The van der Waals surface area contributed by atoms with E-state index in [9.17, 15) is 14.4 Å². The number of piperazine rings is 1. The Hall–Kier alpha value is -2.81. The molecule has 0 spiro atoms. The lowest BCUT2D eigenvalue weighted by Crippen LogP contribution is -2.58. The molecule has 1 fully saturated rings. The number of hydrogen-bond acceptors (Lipinski definition) is 7. The fourth-order valence-corrected chi connectivity index (χ4v) is 3.15. The second-order valence-corrected chi connectivity index (χ2v) is 6.46. The smallest absolute Gasteiger partial charge is 0.307 e. The molecule has 2 unspecified atom stereocenters. The van der Waals surface area contributed by atoms with Crippen molar-refractivity contribution in [1.82, 2.24) is 15.5 Å². The van der Waals surface area contributed by atoms with Crippen molar-refractivity contribution in [3.05, 3.63) is 23.8 Å². The maximum Gasteiger partial charge on any atom is 0.307 e. The Kier molecular flexibility index (Phi) is 5.80. The van der Waals surface area contributed by atoms with Crippen molar-refractivity contribution < 1.29 is 28.6 Å². The third-order valence-corrected chi connectivity index (χ3v) is 4.65. The summed E-state index contributed by atoms with van der Waals surface area (Å²) in [6.45, 7) is 2.99. The Labute approximate surface area is 156 Å². The highest BCUT2D eigenvalue weighted by molar-refractivity contribution is 5.88. The lowest BCUT2D eigenvalue weighted by Gasteiger charge is -2.34. The second kappa shape index (κ2) is 8.26. The maximum atomic E-state index is 12.5. The summed E-state index contributed by atoms with van der Waals surface area (Å²) in [5.74, 6) is 0.339.